The van der Waals surface area contributed by atoms with Gasteiger partial charge < -0.3 is 38.3 Å². The molecule has 10 N–H and O–H groups in total. The number of nitrogens with one attached hydrogen (secondary N) is 3. The molecule has 12 heteroatoms. The summed E-state index contributed by atoms with van der Waals surface area (Å²) in [6.07, 6.45) is 5.54. The van der Waals surface area contributed by atoms with Crippen LogP contribution in [-0.2, 0) is 19.2 Å². The monoisotopic (exact) mass is 462 g/mol. The lowest BCUT2D eigenvalue weighted by atomic mass is 10.0. The van der Waals surface area contributed by atoms with Crippen molar-refractivity contribution in [3.8, 4) is 0 Å². The minimum atomic E-state index is -1.19. The molecule has 0 aliphatic carbocycles. The average Bonchev–Trinajstić information content (AvgIpc) is 2.74. The third kappa shape index (κ3) is 13.9. The molecule has 0 bridgehead atoms. The van der Waals surface area contributed by atoms with E-state index < -0.39 is 48.4 Å². The number of rotatable bonds is 18. The van der Waals surface area contributed by atoms with Gasteiger partial charge >= 0.3 is 5.97 Å². The first kappa shape index (κ1) is 29.1. The van der Waals surface area contributed by atoms with Gasteiger partial charge in [-0.3, -0.25) is 19.2 Å². The zero-order valence-corrected chi connectivity index (χ0v) is 19.0. The van der Waals surface area contributed by atoms with Gasteiger partial charge in [-0.2, -0.15) is 11.8 Å². The molecule has 0 saturated carbocycles. The number of hydrogen-bond donors (Lipinski definition) is 7. The molecule has 0 saturated heterocycles. The van der Waals surface area contributed by atoms with Gasteiger partial charge in [0.2, 0.25) is 17.7 Å². The summed E-state index contributed by atoms with van der Waals surface area (Å²) in [5, 5.41) is 16.4. The van der Waals surface area contributed by atoms with Gasteiger partial charge in [0.1, 0.15) is 18.6 Å². The fourth-order valence-corrected chi connectivity index (χ4v) is 3.23. The maximum absolute atomic E-state index is 12.9. The predicted molar refractivity (Wildman–Crippen MR) is 121 cm³/mol. The fraction of sp³-hybridized carbons (Fsp3) is 0.789. The van der Waals surface area contributed by atoms with Crippen LogP contribution in [0.15, 0.2) is 0 Å². The largest absolute Gasteiger partial charge is 0.480 e. The van der Waals surface area contributed by atoms with E-state index in [1.807, 2.05) is 6.26 Å². The topological polar surface area (TPSA) is 203 Å². The van der Waals surface area contributed by atoms with Gasteiger partial charge in [0, 0.05) is 0 Å². The second-order valence-electron chi connectivity index (χ2n) is 7.19. The van der Waals surface area contributed by atoms with Crippen LogP contribution in [0.1, 0.15) is 44.9 Å². The number of carboxylic acids is 1. The van der Waals surface area contributed by atoms with Crippen molar-refractivity contribution < 1.29 is 24.3 Å². The van der Waals surface area contributed by atoms with Crippen LogP contribution in [0.3, 0.4) is 0 Å². The van der Waals surface area contributed by atoms with E-state index in [-0.39, 0.29) is 0 Å². The Morgan fingerprint density at radius 1 is 0.839 bits per heavy atom. The van der Waals surface area contributed by atoms with Gasteiger partial charge in [-0.05, 0) is 70.0 Å². The third-order valence-electron chi connectivity index (χ3n) is 4.54. The highest BCUT2D eigenvalue weighted by molar-refractivity contribution is 7.98. The zero-order valence-electron chi connectivity index (χ0n) is 18.2. The van der Waals surface area contributed by atoms with E-state index in [9.17, 15) is 19.2 Å². The van der Waals surface area contributed by atoms with Gasteiger partial charge in [0.05, 0.1) is 6.04 Å². The molecule has 0 aromatic rings. The van der Waals surface area contributed by atoms with Crippen LogP contribution in [0.2, 0.25) is 0 Å². The second-order valence-corrected chi connectivity index (χ2v) is 8.18. The molecule has 0 rings (SSSR count). The SMILES string of the molecule is CSCCC(N)C(=O)NC(CCCCN)C(=O)NC(CCCCN)C(=O)NCC(=O)O. The summed E-state index contributed by atoms with van der Waals surface area (Å²) in [7, 11) is 0. The minimum Gasteiger partial charge on any atom is -0.480 e. The van der Waals surface area contributed by atoms with Crippen LogP contribution in [0.4, 0.5) is 0 Å². The number of aliphatic carboxylic acids is 1. The standard InChI is InChI=1S/C19H38N6O5S/c1-31-11-8-13(22)17(28)24-15(7-3-5-10-21)19(30)25-14(6-2-4-9-20)18(29)23-12-16(26)27/h13-15H,2-12,20-22H2,1H3,(H,23,29)(H,24,28)(H,25,30)(H,26,27). The first-order valence-corrected chi connectivity index (χ1v) is 11.9. The Labute approximate surface area is 188 Å². The molecule has 0 aromatic heterocycles. The smallest absolute Gasteiger partial charge is 0.322 e. The molecule has 0 spiro atoms. The summed E-state index contributed by atoms with van der Waals surface area (Å²) >= 11 is 1.57. The Morgan fingerprint density at radius 2 is 1.35 bits per heavy atom. The Balaban J connectivity index is 5.17. The highest BCUT2D eigenvalue weighted by atomic mass is 32.2. The number of amides is 3. The molecule has 0 aliphatic heterocycles. The first-order chi connectivity index (χ1) is 14.8. The molecule has 0 radical (unpaired) electrons. The molecule has 3 unspecified atom stereocenters. The highest BCUT2D eigenvalue weighted by Gasteiger charge is 2.27. The summed E-state index contributed by atoms with van der Waals surface area (Å²) in [4.78, 5) is 48.4. The van der Waals surface area contributed by atoms with Gasteiger partial charge in [-0.25, -0.2) is 0 Å². The van der Waals surface area contributed by atoms with E-state index in [1.165, 1.54) is 0 Å². The molecule has 31 heavy (non-hydrogen) atoms. The maximum atomic E-state index is 12.9. The number of nitrogens with two attached hydrogens (primary N) is 3. The predicted octanol–water partition coefficient (Wildman–Crippen LogP) is -1.50. The normalized spacial score (nSPS) is 13.7. The van der Waals surface area contributed by atoms with E-state index in [2.05, 4.69) is 16.0 Å². The molecule has 180 valence electrons. The molecule has 11 nitrogen and oxygen atoms in total. The molecular formula is C19H38N6O5S. The van der Waals surface area contributed by atoms with Crippen molar-refractivity contribution in [1.29, 1.82) is 0 Å². The first-order valence-electron chi connectivity index (χ1n) is 10.5. The van der Waals surface area contributed by atoms with E-state index in [0.717, 1.165) is 0 Å². The summed E-state index contributed by atoms with van der Waals surface area (Å²) < 4.78 is 0. The second kappa shape index (κ2) is 17.8. The number of hydrogen-bond acceptors (Lipinski definition) is 8. The molecule has 3 amide bonds. The number of unbranched alkanes of at least 4 members (excludes halogenated alkanes) is 2. The Bertz CT molecular complexity index is 566. The van der Waals surface area contributed by atoms with E-state index >= 15 is 0 Å². The summed E-state index contributed by atoms with van der Waals surface area (Å²) in [6, 6.07) is -2.54. The van der Waals surface area contributed by atoms with Gasteiger partial charge in [-0.1, -0.05) is 0 Å². The van der Waals surface area contributed by atoms with Crippen LogP contribution < -0.4 is 33.2 Å². The van der Waals surface area contributed by atoms with Crippen molar-refractivity contribution in [2.45, 2.75) is 63.1 Å². The number of carboxylic acid groups (broad SMARTS) is 1. The number of thioether (sulfide) groups is 1. The number of carbonyl (C=O) groups is 4. The molecule has 0 aromatic carbocycles. The summed E-state index contributed by atoms with van der Waals surface area (Å²) in [5.41, 5.74) is 16.9. The van der Waals surface area contributed by atoms with Gasteiger partial charge in [0.15, 0.2) is 0 Å². The average molecular weight is 463 g/mol. The molecule has 0 aliphatic rings. The van der Waals surface area contributed by atoms with E-state index in [1.54, 1.807) is 11.8 Å². The van der Waals surface area contributed by atoms with E-state index in [0.29, 0.717) is 63.8 Å². The van der Waals surface area contributed by atoms with Crippen LogP contribution in [0.25, 0.3) is 0 Å². The van der Waals surface area contributed by atoms with Gasteiger partial charge in [0.25, 0.3) is 0 Å². The van der Waals surface area contributed by atoms with E-state index in [4.69, 9.17) is 22.3 Å². The Kier molecular flexibility index (Phi) is 16.7. The van der Waals surface area contributed by atoms with Gasteiger partial charge in [-0.15, -0.1) is 0 Å². The van der Waals surface area contributed by atoms with Crippen molar-refractivity contribution in [3.63, 3.8) is 0 Å². The van der Waals surface area contributed by atoms with Crippen LogP contribution in [-0.4, -0.2) is 78.6 Å². The van der Waals surface area contributed by atoms with Crippen LogP contribution in [0, 0.1) is 0 Å². The lowest BCUT2D eigenvalue weighted by molar-refractivity contribution is -0.138. The summed E-state index contributed by atoms with van der Waals surface area (Å²) in [5.74, 6) is -2.03. The Hall–Kier alpha value is -1.89. The van der Waals surface area contributed by atoms with Crippen molar-refractivity contribution in [2.75, 3.05) is 31.6 Å². The van der Waals surface area contributed by atoms with Crippen LogP contribution >= 0.6 is 11.8 Å². The van der Waals surface area contributed by atoms with Crippen molar-refractivity contribution >= 4 is 35.5 Å². The number of carbonyl (C=O) groups excluding carboxylic acids is 3. The van der Waals surface area contributed by atoms with Crippen molar-refractivity contribution in [1.82, 2.24) is 16.0 Å². The highest BCUT2D eigenvalue weighted by Crippen LogP contribution is 2.06. The van der Waals surface area contributed by atoms with Crippen molar-refractivity contribution in [3.05, 3.63) is 0 Å². The maximum Gasteiger partial charge on any atom is 0.322 e. The molecule has 3 atom stereocenters. The third-order valence-corrected chi connectivity index (χ3v) is 5.19. The molecule has 0 heterocycles. The molecular weight excluding hydrogens is 424 g/mol. The fourth-order valence-electron chi connectivity index (χ4n) is 2.74. The zero-order chi connectivity index (χ0) is 23.6. The Morgan fingerprint density at radius 3 is 1.84 bits per heavy atom. The van der Waals surface area contributed by atoms with Crippen LogP contribution in [0.5, 0.6) is 0 Å². The summed E-state index contributed by atoms with van der Waals surface area (Å²) in [6.45, 7) is 0.334. The molecule has 0 fully saturated rings. The minimum absolute atomic E-state index is 0.297. The lowest BCUT2D eigenvalue weighted by Gasteiger charge is -2.24. The quantitative estimate of drug-likeness (QED) is 0.118. The van der Waals surface area contributed by atoms with Crippen molar-refractivity contribution in [2.24, 2.45) is 17.2 Å². The lowest BCUT2D eigenvalue weighted by Crippen LogP contribution is -2.56.